The summed E-state index contributed by atoms with van der Waals surface area (Å²) in [7, 11) is 0. The minimum absolute atomic E-state index is 0.716. The number of rotatable bonds is 0. The summed E-state index contributed by atoms with van der Waals surface area (Å²) in [6.07, 6.45) is -5.00. The van der Waals surface area contributed by atoms with Crippen LogP contribution in [0.3, 0.4) is 0 Å². The average Bonchev–Trinajstić information content (AvgIpc) is 2.17. The highest BCUT2D eigenvalue weighted by molar-refractivity contribution is 5.70. The number of nitrogens with one attached hydrogen (secondary N) is 2. The molecule has 0 saturated carbocycles. The third-order valence-corrected chi connectivity index (χ3v) is 1.77. The summed E-state index contributed by atoms with van der Waals surface area (Å²) in [5.41, 5.74) is -5.30. The SMILES string of the molecule is O=c1[nH]c(=O)c2nc(C(F)(F)F)oc(=O)c2[nH]1. The van der Waals surface area contributed by atoms with Gasteiger partial charge in [0.25, 0.3) is 5.56 Å². The second-order valence-electron chi connectivity index (χ2n) is 2.94. The second kappa shape index (κ2) is 3.30. The van der Waals surface area contributed by atoms with Crippen LogP contribution in [0.2, 0.25) is 0 Å². The molecule has 17 heavy (non-hydrogen) atoms. The van der Waals surface area contributed by atoms with Crippen molar-refractivity contribution >= 4 is 11.0 Å². The third kappa shape index (κ3) is 1.84. The number of hydrogen-bond donors (Lipinski definition) is 2. The van der Waals surface area contributed by atoms with Gasteiger partial charge in [-0.25, -0.2) is 14.6 Å². The van der Waals surface area contributed by atoms with Crippen molar-refractivity contribution in [1.29, 1.82) is 0 Å². The Morgan fingerprint density at radius 3 is 2.35 bits per heavy atom. The fraction of sp³-hybridized carbons (Fsp3) is 0.143. The standard InChI is InChI=1S/C7H2F3N3O4/c8-7(9,10)5-11-1-2(4(15)17-5)12-6(16)13-3(1)14/h(H2,12,13,14,16). The third-order valence-electron chi connectivity index (χ3n) is 1.77. The molecule has 2 aromatic rings. The van der Waals surface area contributed by atoms with Gasteiger partial charge >= 0.3 is 23.4 Å². The number of aromatic amines is 2. The van der Waals surface area contributed by atoms with Crippen molar-refractivity contribution in [2.45, 2.75) is 6.18 Å². The first-order valence-corrected chi connectivity index (χ1v) is 4.03. The molecule has 0 spiro atoms. The maximum atomic E-state index is 12.2. The summed E-state index contributed by atoms with van der Waals surface area (Å²) in [5, 5.41) is 0. The van der Waals surface area contributed by atoms with Gasteiger partial charge in [-0.15, -0.1) is 0 Å². The van der Waals surface area contributed by atoms with E-state index in [1.807, 2.05) is 4.98 Å². The normalized spacial score (nSPS) is 11.9. The lowest BCUT2D eigenvalue weighted by atomic mass is 10.4. The summed E-state index contributed by atoms with van der Waals surface area (Å²) in [4.78, 5) is 39.4. The first kappa shape index (κ1) is 11.1. The van der Waals surface area contributed by atoms with E-state index in [0.29, 0.717) is 0 Å². The van der Waals surface area contributed by atoms with Crippen LogP contribution in [-0.4, -0.2) is 15.0 Å². The van der Waals surface area contributed by atoms with E-state index >= 15 is 0 Å². The minimum atomic E-state index is -5.00. The monoisotopic (exact) mass is 249 g/mol. The maximum absolute atomic E-state index is 12.2. The summed E-state index contributed by atoms with van der Waals surface area (Å²) < 4.78 is 40.5. The van der Waals surface area contributed by atoms with Gasteiger partial charge in [0, 0.05) is 0 Å². The lowest BCUT2D eigenvalue weighted by Gasteiger charge is -2.03. The molecule has 0 fully saturated rings. The van der Waals surface area contributed by atoms with Gasteiger partial charge < -0.3 is 4.42 Å². The smallest absolute Gasteiger partial charge is 0.397 e. The van der Waals surface area contributed by atoms with Crippen LogP contribution in [0.1, 0.15) is 5.89 Å². The molecule has 2 rings (SSSR count). The Hall–Kier alpha value is -2.39. The Morgan fingerprint density at radius 1 is 1.12 bits per heavy atom. The van der Waals surface area contributed by atoms with Crippen LogP contribution >= 0.6 is 0 Å². The van der Waals surface area contributed by atoms with Crippen molar-refractivity contribution < 1.29 is 17.6 Å². The van der Waals surface area contributed by atoms with Crippen LogP contribution in [0.5, 0.6) is 0 Å². The highest BCUT2D eigenvalue weighted by Crippen LogP contribution is 2.26. The second-order valence-corrected chi connectivity index (χ2v) is 2.94. The Morgan fingerprint density at radius 2 is 1.76 bits per heavy atom. The lowest BCUT2D eigenvalue weighted by Crippen LogP contribution is -2.27. The summed E-state index contributed by atoms with van der Waals surface area (Å²) in [6, 6.07) is 0. The van der Waals surface area contributed by atoms with Crippen molar-refractivity contribution in [2.24, 2.45) is 0 Å². The topological polar surface area (TPSA) is 109 Å². The Bertz CT molecular complexity index is 754. The number of H-pyrrole nitrogens is 2. The van der Waals surface area contributed by atoms with Crippen LogP contribution in [0.15, 0.2) is 18.8 Å². The van der Waals surface area contributed by atoms with Crippen LogP contribution in [0.25, 0.3) is 11.0 Å². The number of halogens is 3. The van der Waals surface area contributed by atoms with Crippen molar-refractivity contribution in [3.05, 3.63) is 37.1 Å². The van der Waals surface area contributed by atoms with E-state index in [4.69, 9.17) is 0 Å². The molecular formula is C7H2F3N3O4. The Labute approximate surface area is 87.9 Å². The van der Waals surface area contributed by atoms with E-state index in [2.05, 4.69) is 9.40 Å². The molecule has 0 saturated heterocycles. The van der Waals surface area contributed by atoms with Crippen LogP contribution in [-0.2, 0) is 6.18 Å². The van der Waals surface area contributed by atoms with E-state index < -0.39 is 40.0 Å². The van der Waals surface area contributed by atoms with E-state index in [9.17, 15) is 27.6 Å². The highest BCUT2D eigenvalue weighted by atomic mass is 19.4. The predicted molar refractivity (Wildman–Crippen MR) is 46.5 cm³/mol. The zero-order chi connectivity index (χ0) is 12.8. The molecule has 7 nitrogen and oxygen atoms in total. The Balaban J connectivity index is 2.98. The number of fused-ring (bicyclic) bond motifs is 1. The van der Waals surface area contributed by atoms with Crippen molar-refractivity contribution in [1.82, 2.24) is 15.0 Å². The largest absolute Gasteiger partial charge is 0.469 e. The Kier molecular flexibility index (Phi) is 2.16. The van der Waals surface area contributed by atoms with Crippen LogP contribution in [0, 0.1) is 0 Å². The average molecular weight is 249 g/mol. The van der Waals surface area contributed by atoms with Crippen LogP contribution < -0.4 is 16.9 Å². The van der Waals surface area contributed by atoms with Gasteiger partial charge in [-0.2, -0.15) is 13.2 Å². The summed E-state index contributed by atoms with van der Waals surface area (Å²) >= 11 is 0. The molecule has 0 atom stereocenters. The quantitative estimate of drug-likeness (QED) is 0.659. The van der Waals surface area contributed by atoms with Crippen molar-refractivity contribution in [3.63, 3.8) is 0 Å². The van der Waals surface area contributed by atoms with E-state index in [0.717, 1.165) is 0 Å². The van der Waals surface area contributed by atoms with E-state index in [1.54, 1.807) is 4.98 Å². The minimum Gasteiger partial charge on any atom is -0.397 e. The molecule has 2 aromatic heterocycles. The first-order chi connectivity index (χ1) is 7.79. The molecule has 2 heterocycles. The molecule has 2 N–H and O–H groups in total. The fourth-order valence-corrected chi connectivity index (χ4v) is 1.12. The summed E-state index contributed by atoms with van der Waals surface area (Å²) in [6.45, 7) is 0. The van der Waals surface area contributed by atoms with Gasteiger partial charge in [-0.1, -0.05) is 0 Å². The van der Waals surface area contributed by atoms with Gasteiger partial charge in [-0.3, -0.25) is 14.8 Å². The number of alkyl halides is 3. The highest BCUT2D eigenvalue weighted by Gasteiger charge is 2.37. The molecule has 0 unspecified atom stereocenters. The van der Waals surface area contributed by atoms with Gasteiger partial charge in [-0.05, 0) is 0 Å². The van der Waals surface area contributed by atoms with E-state index in [1.165, 1.54) is 0 Å². The van der Waals surface area contributed by atoms with E-state index in [-0.39, 0.29) is 0 Å². The fourth-order valence-electron chi connectivity index (χ4n) is 1.12. The molecule has 0 aliphatic carbocycles. The molecule has 0 aliphatic heterocycles. The van der Waals surface area contributed by atoms with Crippen LogP contribution in [0.4, 0.5) is 13.2 Å². The molecule has 0 aliphatic rings. The molecular weight excluding hydrogens is 247 g/mol. The zero-order valence-corrected chi connectivity index (χ0v) is 7.71. The molecule has 90 valence electrons. The van der Waals surface area contributed by atoms with Gasteiger partial charge in [0.2, 0.25) is 0 Å². The van der Waals surface area contributed by atoms with Gasteiger partial charge in [0.1, 0.15) is 0 Å². The van der Waals surface area contributed by atoms with Crippen molar-refractivity contribution in [2.75, 3.05) is 0 Å². The first-order valence-electron chi connectivity index (χ1n) is 4.03. The molecule has 0 aromatic carbocycles. The number of aromatic nitrogens is 3. The summed E-state index contributed by atoms with van der Waals surface area (Å²) in [5.74, 6) is -1.85. The molecule has 0 amide bonds. The maximum Gasteiger partial charge on any atom is 0.469 e. The predicted octanol–water partition coefficient (Wildman–Crippen LogP) is -0.417. The number of hydrogen-bond acceptors (Lipinski definition) is 5. The van der Waals surface area contributed by atoms with Gasteiger partial charge in [0.15, 0.2) is 11.0 Å². The zero-order valence-electron chi connectivity index (χ0n) is 7.71. The molecule has 10 heteroatoms. The molecule has 0 radical (unpaired) electrons. The lowest BCUT2D eigenvalue weighted by molar-refractivity contribution is -0.158. The molecule has 0 bridgehead atoms. The van der Waals surface area contributed by atoms with Gasteiger partial charge in [0.05, 0.1) is 0 Å². The number of nitrogens with zero attached hydrogens (tertiary/aromatic N) is 1. The van der Waals surface area contributed by atoms with Crippen molar-refractivity contribution in [3.8, 4) is 0 Å².